The molecule has 0 aromatic heterocycles. The van der Waals surface area contributed by atoms with Gasteiger partial charge in [-0.15, -0.1) is 4.79 Å². The number of ether oxygens (including phenoxy) is 1. The van der Waals surface area contributed by atoms with Crippen LogP contribution in [0.1, 0.15) is 6.92 Å². The molecule has 1 aromatic carbocycles. The van der Waals surface area contributed by atoms with Gasteiger partial charge in [-0.1, -0.05) is 11.6 Å². The lowest BCUT2D eigenvalue weighted by atomic mass is 10.4. The summed E-state index contributed by atoms with van der Waals surface area (Å²) in [6.45, 7) is 1.47. The van der Waals surface area contributed by atoms with Crippen molar-refractivity contribution in [3.8, 4) is 0 Å². The summed E-state index contributed by atoms with van der Waals surface area (Å²) in [5.41, 5.74) is 8.66. The fourth-order valence-electron chi connectivity index (χ4n) is 1.12. The Morgan fingerprint density at radius 1 is 1.39 bits per heavy atom. The van der Waals surface area contributed by atoms with E-state index in [4.69, 9.17) is 17.1 Å². The predicted molar refractivity (Wildman–Crippen MR) is 63.9 cm³/mol. The predicted octanol–water partition coefficient (Wildman–Crippen LogP) is 1.31. The monoisotopic (exact) mass is 288 g/mol. The van der Waals surface area contributed by atoms with Gasteiger partial charge in [-0.2, -0.15) is 0 Å². The Balaban J connectivity index is 3.25. The van der Waals surface area contributed by atoms with Crippen molar-refractivity contribution >= 4 is 32.5 Å². The van der Waals surface area contributed by atoms with Gasteiger partial charge >= 0.3 is 11.0 Å². The lowest BCUT2D eigenvalue weighted by Crippen LogP contribution is -2.27. The van der Waals surface area contributed by atoms with Gasteiger partial charge < -0.3 is 10.3 Å². The van der Waals surface area contributed by atoms with E-state index in [9.17, 15) is 13.2 Å². The van der Waals surface area contributed by atoms with Gasteiger partial charge in [-0.25, -0.2) is 13.2 Å². The summed E-state index contributed by atoms with van der Waals surface area (Å²) in [6.07, 6.45) is 0. The number of hydrogen-bond donors (Lipinski definition) is 0. The Labute approximate surface area is 109 Å². The number of esters is 1. The van der Waals surface area contributed by atoms with E-state index < -0.39 is 20.9 Å². The third kappa shape index (κ3) is 2.95. The first-order valence-corrected chi connectivity index (χ1v) is 6.69. The largest absolute Gasteiger partial charge is 0.493 e. The van der Waals surface area contributed by atoms with Crippen molar-refractivity contribution < 1.29 is 22.7 Å². The van der Waals surface area contributed by atoms with E-state index in [0.29, 0.717) is 5.02 Å². The minimum atomic E-state index is -4.22. The molecule has 0 radical (unpaired) electrons. The molecule has 0 bridgehead atoms. The van der Waals surface area contributed by atoms with Crippen molar-refractivity contribution in [3.63, 3.8) is 0 Å². The summed E-state index contributed by atoms with van der Waals surface area (Å²) < 4.78 is 28.4. The van der Waals surface area contributed by atoms with Crippen LogP contribution in [0.15, 0.2) is 29.2 Å². The third-order valence-corrected chi connectivity index (χ3v) is 3.82. The first-order valence-electron chi connectivity index (χ1n) is 4.83. The van der Waals surface area contributed by atoms with E-state index in [0.717, 1.165) is 0 Å². The fraction of sp³-hybridized carbons (Fsp3) is 0.200. The molecule has 0 aliphatic heterocycles. The van der Waals surface area contributed by atoms with Crippen LogP contribution in [0.25, 0.3) is 5.53 Å². The zero-order chi connectivity index (χ0) is 13.8. The van der Waals surface area contributed by atoms with Crippen LogP contribution in [0.3, 0.4) is 0 Å². The van der Waals surface area contributed by atoms with E-state index in [2.05, 4.69) is 9.53 Å². The van der Waals surface area contributed by atoms with Crippen LogP contribution in [-0.4, -0.2) is 30.8 Å². The molecule has 6 nitrogen and oxygen atoms in total. The molecular formula is C10H9ClN2O4S. The van der Waals surface area contributed by atoms with Gasteiger partial charge in [0.25, 0.3) is 9.84 Å². The number of hydrogen-bond acceptors (Lipinski definition) is 4. The Bertz CT molecular complexity index is 603. The topological polar surface area (TPSA) is 96.8 Å². The molecule has 0 aliphatic carbocycles. The summed E-state index contributed by atoms with van der Waals surface area (Å²) >= 11 is 5.62. The molecule has 0 amide bonds. The van der Waals surface area contributed by atoms with Crippen LogP contribution in [0.2, 0.25) is 5.02 Å². The maximum absolute atomic E-state index is 12.0. The second-order valence-corrected chi connectivity index (χ2v) is 5.38. The minimum absolute atomic E-state index is 0.0337. The number of carbonyl (C=O) groups excluding carboxylic acids is 1. The summed E-state index contributed by atoms with van der Waals surface area (Å²) in [5, 5.41) is -0.723. The van der Waals surface area contributed by atoms with Gasteiger partial charge in [-0.05, 0) is 31.2 Å². The van der Waals surface area contributed by atoms with Crippen molar-refractivity contribution in [1.29, 1.82) is 0 Å². The number of benzene rings is 1. The van der Waals surface area contributed by atoms with Crippen molar-refractivity contribution in [2.45, 2.75) is 11.8 Å². The molecule has 0 saturated heterocycles. The van der Waals surface area contributed by atoms with E-state index >= 15 is 0 Å². The lowest BCUT2D eigenvalue weighted by molar-refractivity contribution is -0.138. The van der Waals surface area contributed by atoms with Crippen LogP contribution in [-0.2, 0) is 19.4 Å². The number of sulfone groups is 1. The van der Waals surface area contributed by atoms with E-state index in [-0.39, 0.29) is 11.5 Å². The number of carbonyl (C=O) groups is 1. The SMILES string of the molecule is CCOC(=O)C(=[N+]=[N-])S(=O)(=O)c1ccc(Cl)cc1. The second kappa shape index (κ2) is 5.77. The average Bonchev–Trinajstić information content (AvgIpc) is 2.30. The highest BCUT2D eigenvalue weighted by atomic mass is 35.5. The Morgan fingerprint density at radius 2 is 1.94 bits per heavy atom. The molecule has 96 valence electrons. The van der Waals surface area contributed by atoms with Crippen LogP contribution in [0, 0.1) is 0 Å². The van der Waals surface area contributed by atoms with Gasteiger partial charge in [-0.3, -0.25) is 0 Å². The summed E-state index contributed by atoms with van der Waals surface area (Å²) in [7, 11) is -4.22. The Kier molecular flexibility index (Phi) is 4.61. The molecule has 0 atom stereocenters. The zero-order valence-corrected chi connectivity index (χ0v) is 10.9. The molecule has 18 heavy (non-hydrogen) atoms. The molecule has 0 heterocycles. The first-order chi connectivity index (χ1) is 8.43. The third-order valence-electron chi connectivity index (χ3n) is 1.92. The van der Waals surface area contributed by atoms with Crippen LogP contribution in [0.5, 0.6) is 0 Å². The summed E-state index contributed by atoms with van der Waals surface area (Å²) in [5.74, 6) is -1.21. The lowest BCUT2D eigenvalue weighted by Gasteiger charge is -2.00. The average molecular weight is 289 g/mol. The highest BCUT2D eigenvalue weighted by Gasteiger charge is 2.39. The number of halogens is 1. The molecule has 0 N–H and O–H groups in total. The Hall–Kier alpha value is -1.69. The van der Waals surface area contributed by atoms with Crippen LogP contribution in [0.4, 0.5) is 0 Å². The molecule has 1 aromatic rings. The summed E-state index contributed by atoms with van der Waals surface area (Å²) in [6, 6.07) is 5.08. The molecule has 8 heteroatoms. The molecule has 0 spiro atoms. The molecule has 0 unspecified atom stereocenters. The molecule has 0 aliphatic rings. The molecular weight excluding hydrogens is 280 g/mol. The maximum atomic E-state index is 12.0. The van der Waals surface area contributed by atoms with Crippen molar-refractivity contribution in [2.75, 3.05) is 6.61 Å². The van der Waals surface area contributed by atoms with E-state index in [1.54, 1.807) is 0 Å². The van der Waals surface area contributed by atoms with Crippen molar-refractivity contribution in [1.82, 2.24) is 0 Å². The smallest absolute Gasteiger partial charge is 0.457 e. The van der Waals surface area contributed by atoms with Gasteiger partial charge in [0.05, 0.1) is 11.5 Å². The van der Waals surface area contributed by atoms with Gasteiger partial charge in [0.1, 0.15) is 0 Å². The van der Waals surface area contributed by atoms with Crippen LogP contribution >= 0.6 is 11.6 Å². The number of nitrogens with zero attached hydrogens (tertiary/aromatic N) is 2. The van der Waals surface area contributed by atoms with Crippen molar-refractivity contribution in [3.05, 3.63) is 34.8 Å². The molecule has 0 saturated carbocycles. The zero-order valence-electron chi connectivity index (χ0n) is 9.33. The van der Waals surface area contributed by atoms with E-state index in [1.165, 1.54) is 31.2 Å². The van der Waals surface area contributed by atoms with Gasteiger partial charge in [0, 0.05) is 5.02 Å². The first kappa shape index (κ1) is 14.4. The summed E-state index contributed by atoms with van der Waals surface area (Å²) in [4.78, 5) is 13.6. The Morgan fingerprint density at radius 3 is 2.39 bits per heavy atom. The molecule has 1 rings (SSSR count). The van der Waals surface area contributed by atoms with Gasteiger partial charge in [0.15, 0.2) is 0 Å². The molecule has 0 fully saturated rings. The second-order valence-electron chi connectivity index (χ2n) is 3.08. The highest BCUT2D eigenvalue weighted by molar-refractivity contribution is 8.08. The quantitative estimate of drug-likeness (QED) is 0.269. The number of rotatable bonds is 2. The fourth-order valence-corrected chi connectivity index (χ4v) is 2.35. The minimum Gasteiger partial charge on any atom is -0.457 e. The normalized spacial score (nSPS) is 10.6. The maximum Gasteiger partial charge on any atom is 0.493 e. The van der Waals surface area contributed by atoms with Crippen molar-refractivity contribution in [2.24, 2.45) is 0 Å². The van der Waals surface area contributed by atoms with Crippen LogP contribution < -0.4 is 0 Å². The van der Waals surface area contributed by atoms with Gasteiger partial charge in [0.2, 0.25) is 0 Å². The highest BCUT2D eigenvalue weighted by Crippen LogP contribution is 2.16. The van der Waals surface area contributed by atoms with E-state index in [1.807, 2.05) is 0 Å². The standard InChI is InChI=1S/C10H9ClN2O4S/c1-2-17-10(14)9(13-12)18(15,16)8-5-3-7(11)4-6-8/h3-6H,2H2,1H3.